The molecule has 0 saturated carbocycles. The number of thiazole rings is 1. The minimum absolute atomic E-state index is 0.0395. The van der Waals surface area contributed by atoms with Gasteiger partial charge in [-0.25, -0.2) is 4.98 Å². The highest BCUT2D eigenvalue weighted by molar-refractivity contribution is 7.13. The summed E-state index contributed by atoms with van der Waals surface area (Å²) in [5, 5.41) is 2.87. The van der Waals surface area contributed by atoms with Crippen molar-refractivity contribution in [1.29, 1.82) is 0 Å². The molecule has 7 nitrogen and oxygen atoms in total. The molecule has 0 aliphatic carbocycles. The smallest absolute Gasteiger partial charge is 0.350 e. The summed E-state index contributed by atoms with van der Waals surface area (Å²) in [6.07, 6.45) is 1.83. The van der Waals surface area contributed by atoms with E-state index in [9.17, 15) is 27.6 Å². The number of nitrogens with one attached hydrogen (secondary N) is 1. The van der Waals surface area contributed by atoms with E-state index < -0.39 is 24.0 Å². The van der Waals surface area contributed by atoms with E-state index in [4.69, 9.17) is 0 Å². The number of carbonyl (C=O) groups excluding carboxylic acids is 3. The van der Waals surface area contributed by atoms with Crippen LogP contribution in [0.15, 0.2) is 65.7 Å². The molecular formula is C30H33F3N4O3S. The van der Waals surface area contributed by atoms with Gasteiger partial charge in [0, 0.05) is 25.2 Å². The van der Waals surface area contributed by atoms with Gasteiger partial charge in [-0.1, -0.05) is 62.9 Å². The van der Waals surface area contributed by atoms with Gasteiger partial charge in [0.2, 0.25) is 11.8 Å². The number of rotatable bonds is 9. The van der Waals surface area contributed by atoms with Crippen LogP contribution in [0.4, 0.5) is 13.2 Å². The molecule has 2 aromatic rings. The van der Waals surface area contributed by atoms with Crippen LogP contribution >= 0.6 is 11.3 Å². The van der Waals surface area contributed by atoms with Crippen molar-refractivity contribution in [2.45, 2.75) is 58.4 Å². The number of hydrogen-bond donors (Lipinski definition) is 1. The number of likely N-dealkylation sites (tertiary alicyclic amines) is 1. The normalized spacial score (nSPS) is 18.6. The van der Waals surface area contributed by atoms with Crippen LogP contribution in [0.25, 0.3) is 10.4 Å². The molecule has 2 atom stereocenters. The Morgan fingerprint density at radius 2 is 1.95 bits per heavy atom. The van der Waals surface area contributed by atoms with Gasteiger partial charge in [-0.3, -0.25) is 14.4 Å². The molecule has 3 heterocycles. The molecular weight excluding hydrogens is 553 g/mol. The number of hydrogen-bond acceptors (Lipinski definition) is 5. The quantitative estimate of drug-likeness (QED) is 0.429. The number of nitrogens with zero attached hydrogens (tertiary/aromatic N) is 3. The van der Waals surface area contributed by atoms with E-state index in [0.717, 1.165) is 16.9 Å². The number of carbonyl (C=O) groups is 3. The van der Waals surface area contributed by atoms with Crippen LogP contribution in [-0.2, 0) is 27.1 Å². The lowest BCUT2D eigenvalue weighted by molar-refractivity contribution is -0.147. The second-order valence-corrected chi connectivity index (χ2v) is 11.3. The van der Waals surface area contributed by atoms with Crippen LogP contribution in [0, 0.1) is 5.92 Å². The van der Waals surface area contributed by atoms with Crippen LogP contribution < -0.4 is 5.32 Å². The van der Waals surface area contributed by atoms with Gasteiger partial charge in [0.1, 0.15) is 12.1 Å². The lowest BCUT2D eigenvalue weighted by atomic mass is 10.00. The molecule has 1 aromatic heterocycles. The van der Waals surface area contributed by atoms with Crippen molar-refractivity contribution in [1.82, 2.24) is 20.1 Å². The first kappa shape index (κ1) is 30.2. The SMILES string of the molecule is C=CC1=C(/C=C\C)CN(C(C(=O)N2CCCC2C(=O)NCc2ccc(-c3scnc3C(F)(F)F)cc2)C(C)C)C1=O. The minimum atomic E-state index is -4.54. The number of amides is 3. The van der Waals surface area contributed by atoms with Gasteiger partial charge in [-0.2, -0.15) is 13.2 Å². The van der Waals surface area contributed by atoms with E-state index in [0.29, 0.717) is 42.6 Å². The Hall–Kier alpha value is -3.73. The van der Waals surface area contributed by atoms with Crippen molar-refractivity contribution >= 4 is 29.1 Å². The molecule has 1 saturated heterocycles. The third-order valence-corrected chi connectivity index (χ3v) is 8.20. The van der Waals surface area contributed by atoms with Crippen molar-refractivity contribution in [3.05, 3.63) is 77.0 Å². The number of alkyl halides is 3. The van der Waals surface area contributed by atoms with Gasteiger partial charge in [0.05, 0.1) is 10.4 Å². The van der Waals surface area contributed by atoms with Gasteiger partial charge < -0.3 is 15.1 Å². The molecule has 3 amide bonds. The van der Waals surface area contributed by atoms with Gasteiger partial charge in [-0.05, 0) is 42.4 Å². The predicted molar refractivity (Wildman–Crippen MR) is 152 cm³/mol. The molecule has 2 aliphatic heterocycles. The maximum absolute atomic E-state index is 13.8. The van der Waals surface area contributed by atoms with Crippen molar-refractivity contribution in [2.24, 2.45) is 5.92 Å². The predicted octanol–water partition coefficient (Wildman–Crippen LogP) is 5.36. The Kier molecular flexibility index (Phi) is 9.16. The fourth-order valence-electron chi connectivity index (χ4n) is 5.40. The van der Waals surface area contributed by atoms with Gasteiger partial charge in [0.15, 0.2) is 5.69 Å². The monoisotopic (exact) mass is 586 g/mol. The summed E-state index contributed by atoms with van der Waals surface area (Å²) in [5.41, 5.74) is 2.63. The summed E-state index contributed by atoms with van der Waals surface area (Å²) >= 11 is 0.917. The molecule has 2 unspecified atom stereocenters. The third-order valence-electron chi connectivity index (χ3n) is 7.33. The van der Waals surface area contributed by atoms with Crippen molar-refractivity contribution in [3.63, 3.8) is 0 Å². The summed E-state index contributed by atoms with van der Waals surface area (Å²) in [7, 11) is 0. The maximum Gasteiger partial charge on any atom is 0.434 e. The molecule has 0 spiro atoms. The van der Waals surface area contributed by atoms with Crippen molar-refractivity contribution in [2.75, 3.05) is 13.1 Å². The Bertz CT molecular complexity index is 1380. The van der Waals surface area contributed by atoms with E-state index in [1.807, 2.05) is 32.9 Å². The van der Waals surface area contributed by atoms with Gasteiger partial charge >= 0.3 is 6.18 Å². The fourth-order valence-corrected chi connectivity index (χ4v) is 6.22. The summed E-state index contributed by atoms with van der Waals surface area (Å²) in [6.45, 7) is 10.3. The fraction of sp³-hybridized carbons (Fsp3) is 0.400. The Morgan fingerprint density at radius 3 is 2.56 bits per heavy atom. The molecule has 2 aliphatic rings. The highest BCUT2D eigenvalue weighted by Crippen LogP contribution is 2.38. The average molecular weight is 587 g/mol. The first-order valence-electron chi connectivity index (χ1n) is 13.4. The van der Waals surface area contributed by atoms with Crippen LogP contribution in [0.1, 0.15) is 44.9 Å². The van der Waals surface area contributed by atoms with Crippen LogP contribution in [0.2, 0.25) is 0 Å². The molecule has 4 rings (SSSR count). The molecule has 1 N–H and O–H groups in total. The van der Waals surface area contributed by atoms with E-state index in [1.165, 1.54) is 11.6 Å². The molecule has 41 heavy (non-hydrogen) atoms. The van der Waals surface area contributed by atoms with E-state index >= 15 is 0 Å². The molecule has 1 fully saturated rings. The molecule has 0 bridgehead atoms. The zero-order chi connectivity index (χ0) is 29.9. The number of allylic oxidation sites excluding steroid dienone is 1. The van der Waals surface area contributed by atoms with Crippen molar-refractivity contribution in [3.8, 4) is 10.4 Å². The third kappa shape index (κ3) is 6.29. The second kappa shape index (κ2) is 12.4. The highest BCUT2D eigenvalue weighted by Gasteiger charge is 2.44. The minimum Gasteiger partial charge on any atom is -0.350 e. The van der Waals surface area contributed by atoms with E-state index in [2.05, 4.69) is 16.9 Å². The number of aromatic nitrogens is 1. The summed E-state index contributed by atoms with van der Waals surface area (Å²) in [4.78, 5) is 46.8. The van der Waals surface area contributed by atoms with Crippen LogP contribution in [0.3, 0.4) is 0 Å². The zero-order valence-corrected chi connectivity index (χ0v) is 24.0. The lowest BCUT2D eigenvalue weighted by Crippen LogP contribution is -2.55. The van der Waals surface area contributed by atoms with Gasteiger partial charge in [-0.15, -0.1) is 11.3 Å². The zero-order valence-electron chi connectivity index (χ0n) is 23.2. The van der Waals surface area contributed by atoms with E-state index in [-0.39, 0.29) is 35.1 Å². The molecule has 11 heteroatoms. The van der Waals surface area contributed by atoms with Crippen LogP contribution in [-0.4, -0.2) is 57.7 Å². The topological polar surface area (TPSA) is 82.6 Å². The molecule has 218 valence electrons. The standard InChI is InChI=1S/C30H33F3N4O3S/c1-5-8-21-16-37(28(39)22(21)6-2)24(18(3)4)29(40)36-14-7-9-23(36)27(38)34-15-19-10-12-20(13-11-19)25-26(30(31,32)33)35-17-41-25/h5-6,8,10-13,17-18,23-24H,2,7,9,14-16H2,1,3-4H3,(H,34,38)/b8-5-. The Balaban J connectivity index is 1.43. The first-order valence-corrected chi connectivity index (χ1v) is 14.3. The first-order chi connectivity index (χ1) is 19.5. The van der Waals surface area contributed by atoms with E-state index in [1.54, 1.807) is 34.1 Å². The number of benzene rings is 1. The maximum atomic E-state index is 13.8. The second-order valence-electron chi connectivity index (χ2n) is 10.4. The largest absolute Gasteiger partial charge is 0.434 e. The summed E-state index contributed by atoms with van der Waals surface area (Å²) in [5.74, 6) is -0.992. The highest BCUT2D eigenvalue weighted by atomic mass is 32.1. The molecule has 1 aromatic carbocycles. The van der Waals surface area contributed by atoms with Gasteiger partial charge in [0.25, 0.3) is 5.91 Å². The summed E-state index contributed by atoms with van der Waals surface area (Å²) in [6, 6.07) is 5.07. The lowest BCUT2D eigenvalue weighted by Gasteiger charge is -2.35. The average Bonchev–Trinajstić information content (AvgIpc) is 3.67. The molecule has 0 radical (unpaired) electrons. The van der Waals surface area contributed by atoms with Crippen molar-refractivity contribution < 1.29 is 27.6 Å². The Morgan fingerprint density at radius 1 is 1.24 bits per heavy atom. The van der Waals surface area contributed by atoms with Crippen LogP contribution in [0.5, 0.6) is 0 Å². The Labute approximate surface area is 241 Å². The number of halogens is 3. The summed E-state index contributed by atoms with van der Waals surface area (Å²) < 4.78 is 39.6.